The average molecular weight is 294 g/mol. The van der Waals surface area contributed by atoms with E-state index in [0.717, 1.165) is 51.7 Å². The Hall–Kier alpha value is -0.900. The molecule has 1 aliphatic heterocycles. The lowest BCUT2D eigenvalue weighted by Crippen LogP contribution is -2.55. The Bertz CT molecular complexity index is 379. The molecule has 0 aromatic carbocycles. The summed E-state index contributed by atoms with van der Waals surface area (Å²) < 4.78 is 0. The second kappa shape index (κ2) is 7.39. The van der Waals surface area contributed by atoms with Crippen LogP contribution in [0, 0.1) is 5.92 Å². The molecule has 1 aliphatic carbocycles. The number of amides is 1. The van der Waals surface area contributed by atoms with E-state index in [1.807, 2.05) is 25.7 Å². The molecule has 0 radical (unpaired) electrons. The molecule has 1 saturated heterocycles. The summed E-state index contributed by atoms with van der Waals surface area (Å²) in [6, 6.07) is 0.201. The van der Waals surface area contributed by atoms with Crippen LogP contribution < -0.4 is 0 Å². The fourth-order valence-corrected chi connectivity index (χ4v) is 4.08. The summed E-state index contributed by atoms with van der Waals surface area (Å²) in [4.78, 5) is 29.0. The van der Waals surface area contributed by atoms with E-state index in [0.29, 0.717) is 11.8 Å². The van der Waals surface area contributed by atoms with Crippen LogP contribution in [-0.4, -0.2) is 53.2 Å². The minimum absolute atomic E-state index is 0.0939. The molecule has 2 rings (SSSR count). The lowest BCUT2D eigenvalue weighted by Gasteiger charge is -2.42. The Morgan fingerprint density at radius 3 is 2.52 bits per heavy atom. The van der Waals surface area contributed by atoms with Gasteiger partial charge in [0.25, 0.3) is 0 Å². The Balaban J connectivity index is 2.10. The van der Waals surface area contributed by atoms with Gasteiger partial charge in [0.15, 0.2) is 0 Å². The monoisotopic (exact) mass is 294 g/mol. The molecule has 1 heterocycles. The molecule has 0 N–H and O–H groups in total. The van der Waals surface area contributed by atoms with Gasteiger partial charge in [0.1, 0.15) is 5.78 Å². The van der Waals surface area contributed by atoms with Gasteiger partial charge in [0.2, 0.25) is 5.91 Å². The van der Waals surface area contributed by atoms with Gasteiger partial charge < -0.3 is 4.90 Å². The minimum Gasteiger partial charge on any atom is -0.342 e. The maximum atomic E-state index is 12.6. The number of Topliss-reactive ketones (excluding diaryl/α,β-unsaturated/α-hetero) is 1. The number of hydrogen-bond donors (Lipinski definition) is 0. The van der Waals surface area contributed by atoms with Crippen molar-refractivity contribution in [2.75, 3.05) is 19.6 Å². The highest BCUT2D eigenvalue weighted by molar-refractivity contribution is 5.84. The highest BCUT2D eigenvalue weighted by atomic mass is 16.2. The smallest absolute Gasteiger partial charge is 0.239 e. The molecule has 1 saturated carbocycles. The van der Waals surface area contributed by atoms with E-state index < -0.39 is 0 Å². The molecule has 0 spiro atoms. The highest BCUT2D eigenvalue weighted by Crippen LogP contribution is 2.33. The van der Waals surface area contributed by atoms with Crippen LogP contribution in [0.4, 0.5) is 0 Å². The summed E-state index contributed by atoms with van der Waals surface area (Å²) in [5.41, 5.74) is 0. The first-order valence-electron chi connectivity index (χ1n) is 8.67. The molecule has 120 valence electrons. The lowest BCUT2D eigenvalue weighted by molar-refractivity contribution is -0.139. The summed E-state index contributed by atoms with van der Waals surface area (Å²) in [6.07, 6.45) is 6.21. The normalized spacial score (nSPS) is 28.6. The van der Waals surface area contributed by atoms with Crippen molar-refractivity contribution in [3.05, 3.63) is 0 Å². The Kier molecular flexibility index (Phi) is 5.80. The fourth-order valence-electron chi connectivity index (χ4n) is 4.08. The molecule has 3 atom stereocenters. The summed E-state index contributed by atoms with van der Waals surface area (Å²) in [7, 11) is 0. The van der Waals surface area contributed by atoms with Crippen LogP contribution in [0.5, 0.6) is 0 Å². The molecule has 4 heteroatoms. The van der Waals surface area contributed by atoms with Crippen molar-refractivity contribution < 1.29 is 9.59 Å². The van der Waals surface area contributed by atoms with E-state index in [-0.39, 0.29) is 17.9 Å². The van der Waals surface area contributed by atoms with Gasteiger partial charge >= 0.3 is 0 Å². The molecule has 0 aromatic rings. The zero-order valence-corrected chi connectivity index (χ0v) is 13.8. The molecular weight excluding hydrogens is 264 g/mol. The van der Waals surface area contributed by atoms with E-state index in [2.05, 4.69) is 4.90 Å². The van der Waals surface area contributed by atoms with Crippen LogP contribution >= 0.6 is 0 Å². The summed E-state index contributed by atoms with van der Waals surface area (Å²) in [5.74, 6) is 0.823. The van der Waals surface area contributed by atoms with Crippen LogP contribution in [0.3, 0.4) is 0 Å². The second-order valence-electron chi connectivity index (χ2n) is 6.45. The second-order valence-corrected chi connectivity index (χ2v) is 6.45. The zero-order chi connectivity index (χ0) is 15.4. The molecule has 2 aliphatic rings. The lowest BCUT2D eigenvalue weighted by atomic mass is 9.87. The zero-order valence-electron chi connectivity index (χ0n) is 13.8. The summed E-state index contributed by atoms with van der Waals surface area (Å²) >= 11 is 0. The maximum absolute atomic E-state index is 12.6. The summed E-state index contributed by atoms with van der Waals surface area (Å²) in [5, 5.41) is 0. The van der Waals surface area contributed by atoms with Crippen molar-refractivity contribution >= 4 is 11.7 Å². The van der Waals surface area contributed by atoms with Crippen molar-refractivity contribution in [3.63, 3.8) is 0 Å². The largest absolute Gasteiger partial charge is 0.342 e. The predicted octanol–water partition coefficient (Wildman–Crippen LogP) is 2.47. The number of ketones is 1. The number of likely N-dealkylation sites (tertiary alicyclic amines) is 1. The predicted molar refractivity (Wildman–Crippen MR) is 84.1 cm³/mol. The first kappa shape index (κ1) is 16.5. The molecule has 1 amide bonds. The molecule has 21 heavy (non-hydrogen) atoms. The van der Waals surface area contributed by atoms with Crippen LogP contribution in [0.2, 0.25) is 0 Å². The van der Waals surface area contributed by atoms with Gasteiger partial charge in [-0.05, 0) is 53.0 Å². The Labute approximate surface area is 128 Å². The van der Waals surface area contributed by atoms with E-state index >= 15 is 0 Å². The van der Waals surface area contributed by atoms with E-state index in [4.69, 9.17) is 0 Å². The van der Waals surface area contributed by atoms with Gasteiger partial charge in [-0.1, -0.05) is 6.42 Å². The number of piperidine rings is 1. The summed E-state index contributed by atoms with van der Waals surface area (Å²) in [6.45, 7) is 8.58. The Morgan fingerprint density at radius 2 is 1.95 bits per heavy atom. The first-order valence-corrected chi connectivity index (χ1v) is 8.67. The molecule has 0 aromatic heterocycles. The van der Waals surface area contributed by atoms with E-state index in [1.165, 1.54) is 6.42 Å². The van der Waals surface area contributed by atoms with Crippen molar-refractivity contribution in [2.45, 2.75) is 71.4 Å². The minimum atomic E-state index is -0.0939. The van der Waals surface area contributed by atoms with E-state index in [9.17, 15) is 9.59 Å². The van der Waals surface area contributed by atoms with Crippen molar-refractivity contribution in [1.82, 2.24) is 9.80 Å². The Morgan fingerprint density at radius 1 is 1.24 bits per heavy atom. The van der Waals surface area contributed by atoms with Crippen LogP contribution in [-0.2, 0) is 9.59 Å². The quantitative estimate of drug-likeness (QED) is 0.782. The van der Waals surface area contributed by atoms with Crippen molar-refractivity contribution in [3.8, 4) is 0 Å². The van der Waals surface area contributed by atoms with Crippen LogP contribution in [0.25, 0.3) is 0 Å². The molecule has 3 unspecified atom stereocenters. The number of carbonyl (C=O) groups is 2. The topological polar surface area (TPSA) is 40.6 Å². The van der Waals surface area contributed by atoms with Crippen LogP contribution in [0.15, 0.2) is 0 Å². The average Bonchev–Trinajstić information content (AvgIpc) is 2.93. The third-order valence-corrected chi connectivity index (χ3v) is 5.34. The third kappa shape index (κ3) is 3.47. The highest BCUT2D eigenvalue weighted by Gasteiger charge is 2.40. The SMILES string of the molecule is CCN(CC)C(=O)C(C)N1CCCCC1C1CCCC1=O. The van der Waals surface area contributed by atoms with Crippen molar-refractivity contribution in [2.24, 2.45) is 5.92 Å². The van der Waals surface area contributed by atoms with Gasteiger partial charge in [-0.15, -0.1) is 0 Å². The van der Waals surface area contributed by atoms with E-state index in [1.54, 1.807) is 0 Å². The number of rotatable bonds is 5. The van der Waals surface area contributed by atoms with Gasteiger partial charge in [-0.2, -0.15) is 0 Å². The standard InChI is InChI=1S/C17H30N2O2/c1-4-18(5-2)17(21)13(3)19-12-7-6-10-15(19)14-9-8-11-16(14)20/h13-15H,4-12H2,1-3H3. The van der Waals surface area contributed by atoms with Crippen LogP contribution in [0.1, 0.15) is 59.3 Å². The maximum Gasteiger partial charge on any atom is 0.239 e. The fraction of sp³-hybridized carbons (Fsp3) is 0.882. The van der Waals surface area contributed by atoms with Crippen molar-refractivity contribution in [1.29, 1.82) is 0 Å². The molecule has 2 fully saturated rings. The van der Waals surface area contributed by atoms with Gasteiger partial charge in [-0.3, -0.25) is 14.5 Å². The van der Waals surface area contributed by atoms with Gasteiger partial charge in [-0.25, -0.2) is 0 Å². The number of hydrogen-bond acceptors (Lipinski definition) is 3. The number of likely N-dealkylation sites (N-methyl/N-ethyl adjacent to an activating group) is 1. The molecular formula is C17H30N2O2. The molecule has 4 nitrogen and oxygen atoms in total. The first-order chi connectivity index (χ1) is 10.1. The number of carbonyl (C=O) groups excluding carboxylic acids is 2. The third-order valence-electron chi connectivity index (χ3n) is 5.34. The van der Waals surface area contributed by atoms with Gasteiger partial charge in [0, 0.05) is 31.5 Å². The molecule has 0 bridgehead atoms. The number of nitrogens with zero attached hydrogens (tertiary/aromatic N) is 2. The van der Waals surface area contributed by atoms with Gasteiger partial charge in [0.05, 0.1) is 6.04 Å².